The monoisotopic (exact) mass is 724 g/mol. The van der Waals surface area contributed by atoms with Crippen LogP contribution in [0.5, 0.6) is 0 Å². The van der Waals surface area contributed by atoms with Crippen molar-refractivity contribution >= 4 is 54.9 Å². The van der Waals surface area contributed by atoms with E-state index in [1.54, 1.807) is 23.7 Å². The Bertz CT molecular complexity index is 3220. The molecule has 0 fully saturated rings. The Morgan fingerprint density at radius 2 is 0.964 bits per heavy atom. The number of aromatic nitrogens is 8. The van der Waals surface area contributed by atoms with Crippen LogP contribution in [0.1, 0.15) is 0 Å². The standard InChI is InChI=1S/C46H28N8S/c1-3-20-38-31(13-1)32-15-5-17-35(44(32)54(38)42-24-8-19-37(50-42)30-12-10-26-48-28-30)46-52-51-45(55-46)34-16-6-22-40-43(34)33-14-2-4-21-39(33)53(40)41-23-7-18-36(49-41)29-11-9-25-47-27-29/h1-28H. The molecule has 0 atom stereocenters. The van der Waals surface area contributed by atoms with Gasteiger partial charge in [-0.2, -0.15) is 0 Å². The molecule has 0 amide bonds. The number of pyridine rings is 4. The smallest absolute Gasteiger partial charge is 0.150 e. The molecule has 11 rings (SSSR count). The van der Waals surface area contributed by atoms with Crippen LogP contribution in [-0.4, -0.2) is 39.3 Å². The maximum atomic E-state index is 5.17. The number of fused-ring (bicyclic) bond motifs is 6. The van der Waals surface area contributed by atoms with E-state index < -0.39 is 0 Å². The van der Waals surface area contributed by atoms with Crippen LogP contribution in [0.3, 0.4) is 0 Å². The summed E-state index contributed by atoms with van der Waals surface area (Å²) in [6.45, 7) is 0. The van der Waals surface area contributed by atoms with Crippen molar-refractivity contribution in [2.45, 2.75) is 0 Å². The summed E-state index contributed by atoms with van der Waals surface area (Å²) in [6, 6.07) is 50.0. The molecule has 55 heavy (non-hydrogen) atoms. The Hall–Kier alpha value is -7.36. The molecule has 7 aromatic heterocycles. The third kappa shape index (κ3) is 5.05. The van der Waals surface area contributed by atoms with Crippen LogP contribution in [-0.2, 0) is 0 Å². The van der Waals surface area contributed by atoms with E-state index in [1.165, 1.54) is 0 Å². The molecule has 0 spiro atoms. The SMILES string of the molecule is c1cncc(-c2cccc(-n3c4ccccc4c4c(-c5nnc(-c6cccc7c8ccccc8n(-c8cccc(-c9cccnc9)n8)c67)s5)cccc43)n2)c1. The maximum Gasteiger partial charge on any atom is 0.150 e. The summed E-state index contributed by atoms with van der Waals surface area (Å²) in [7, 11) is 0. The predicted molar refractivity (Wildman–Crippen MR) is 222 cm³/mol. The molecule has 0 N–H and O–H groups in total. The summed E-state index contributed by atoms with van der Waals surface area (Å²) in [4.78, 5) is 18.9. The molecule has 7 heterocycles. The van der Waals surface area contributed by atoms with Gasteiger partial charge in [0, 0.05) is 68.6 Å². The fourth-order valence-corrected chi connectivity index (χ4v) is 8.66. The summed E-state index contributed by atoms with van der Waals surface area (Å²) >= 11 is 1.60. The minimum Gasteiger partial charge on any atom is -0.294 e. The number of hydrogen-bond acceptors (Lipinski definition) is 7. The average molecular weight is 725 g/mol. The summed E-state index contributed by atoms with van der Waals surface area (Å²) in [5.74, 6) is 1.66. The van der Waals surface area contributed by atoms with Crippen LogP contribution in [0.4, 0.5) is 0 Å². The molecule has 8 nitrogen and oxygen atoms in total. The normalized spacial score (nSPS) is 11.6. The molecule has 0 bridgehead atoms. The van der Waals surface area contributed by atoms with Gasteiger partial charge in [-0.15, -0.1) is 10.2 Å². The molecule has 258 valence electrons. The fourth-order valence-electron chi connectivity index (χ4n) is 7.76. The number of rotatable bonds is 6. The highest BCUT2D eigenvalue weighted by Crippen LogP contribution is 2.43. The average Bonchev–Trinajstić information content (AvgIpc) is 3.98. The lowest BCUT2D eigenvalue weighted by Gasteiger charge is -2.11. The van der Waals surface area contributed by atoms with E-state index in [2.05, 4.69) is 128 Å². The Balaban J connectivity index is 1.09. The second-order valence-corrected chi connectivity index (χ2v) is 14.2. The first kappa shape index (κ1) is 31.2. The minimum absolute atomic E-state index is 0.823. The lowest BCUT2D eigenvalue weighted by Crippen LogP contribution is -1.99. The van der Waals surface area contributed by atoms with E-state index in [1.807, 2.05) is 48.8 Å². The Morgan fingerprint density at radius 3 is 1.65 bits per heavy atom. The molecule has 11 aromatic rings. The van der Waals surface area contributed by atoms with Gasteiger partial charge in [0.25, 0.3) is 0 Å². The van der Waals surface area contributed by atoms with Gasteiger partial charge in [0.2, 0.25) is 0 Å². The topological polar surface area (TPSA) is 87.2 Å². The molecule has 0 saturated carbocycles. The van der Waals surface area contributed by atoms with E-state index >= 15 is 0 Å². The number of nitrogens with zero attached hydrogens (tertiary/aromatic N) is 8. The van der Waals surface area contributed by atoms with Gasteiger partial charge in [0.05, 0.1) is 33.5 Å². The quantitative estimate of drug-likeness (QED) is 0.170. The van der Waals surface area contributed by atoms with Gasteiger partial charge in [-0.3, -0.25) is 19.1 Å². The lowest BCUT2D eigenvalue weighted by atomic mass is 10.1. The number of benzene rings is 4. The first-order chi connectivity index (χ1) is 27.3. The zero-order valence-electron chi connectivity index (χ0n) is 29.2. The van der Waals surface area contributed by atoms with Crippen LogP contribution in [0.15, 0.2) is 170 Å². The van der Waals surface area contributed by atoms with Crippen molar-refractivity contribution in [1.29, 1.82) is 0 Å². The van der Waals surface area contributed by atoms with Gasteiger partial charge >= 0.3 is 0 Å². The lowest BCUT2D eigenvalue weighted by molar-refractivity contribution is 1.08. The van der Waals surface area contributed by atoms with Gasteiger partial charge in [-0.25, -0.2) is 9.97 Å². The Labute approximate surface area is 318 Å². The molecule has 0 saturated heterocycles. The molecule has 0 aliphatic rings. The van der Waals surface area contributed by atoms with Crippen molar-refractivity contribution in [3.05, 3.63) is 170 Å². The minimum atomic E-state index is 0.823. The van der Waals surface area contributed by atoms with E-state index in [-0.39, 0.29) is 0 Å². The predicted octanol–water partition coefficient (Wildman–Crippen LogP) is 11.0. The molecule has 0 radical (unpaired) electrons. The third-order valence-corrected chi connectivity index (χ3v) is 11.1. The molecular formula is C46H28N8S. The van der Waals surface area contributed by atoms with Crippen LogP contribution in [0, 0.1) is 0 Å². The summed E-state index contributed by atoms with van der Waals surface area (Å²) in [5, 5.41) is 15.9. The molecule has 0 unspecified atom stereocenters. The van der Waals surface area contributed by atoms with Gasteiger partial charge < -0.3 is 0 Å². The first-order valence-corrected chi connectivity index (χ1v) is 18.8. The summed E-state index contributed by atoms with van der Waals surface area (Å²) < 4.78 is 4.49. The van der Waals surface area contributed by atoms with Gasteiger partial charge in [-0.1, -0.05) is 84.1 Å². The summed E-state index contributed by atoms with van der Waals surface area (Å²) in [6.07, 6.45) is 7.25. The van der Waals surface area contributed by atoms with Crippen LogP contribution in [0.25, 0.3) is 98.9 Å². The molecule has 0 aliphatic heterocycles. The second-order valence-electron chi connectivity index (χ2n) is 13.3. The van der Waals surface area contributed by atoms with Gasteiger partial charge in [-0.05, 0) is 72.8 Å². The highest BCUT2D eigenvalue weighted by molar-refractivity contribution is 7.18. The largest absolute Gasteiger partial charge is 0.294 e. The fraction of sp³-hybridized carbons (Fsp3) is 0. The van der Waals surface area contributed by atoms with Crippen molar-refractivity contribution < 1.29 is 0 Å². The van der Waals surface area contributed by atoms with Crippen LogP contribution >= 0.6 is 11.3 Å². The molecular weight excluding hydrogens is 697 g/mol. The zero-order chi connectivity index (χ0) is 36.3. The third-order valence-electron chi connectivity index (χ3n) is 10.1. The summed E-state index contributed by atoms with van der Waals surface area (Å²) in [5.41, 5.74) is 9.92. The van der Waals surface area contributed by atoms with E-state index in [0.29, 0.717) is 0 Å². The number of hydrogen-bond donors (Lipinski definition) is 0. The van der Waals surface area contributed by atoms with Crippen LogP contribution in [0.2, 0.25) is 0 Å². The van der Waals surface area contributed by atoms with Crippen molar-refractivity contribution in [3.8, 4) is 55.3 Å². The van der Waals surface area contributed by atoms with Crippen LogP contribution < -0.4 is 0 Å². The Kier molecular flexibility index (Phi) is 7.17. The highest BCUT2D eigenvalue weighted by Gasteiger charge is 2.22. The van der Waals surface area contributed by atoms with E-state index in [9.17, 15) is 0 Å². The van der Waals surface area contributed by atoms with Crippen molar-refractivity contribution in [2.75, 3.05) is 0 Å². The first-order valence-electron chi connectivity index (χ1n) is 17.9. The molecule has 9 heteroatoms. The van der Waals surface area contributed by atoms with Gasteiger partial charge in [0.1, 0.15) is 21.7 Å². The highest BCUT2D eigenvalue weighted by atomic mass is 32.1. The van der Waals surface area contributed by atoms with Crippen molar-refractivity contribution in [3.63, 3.8) is 0 Å². The van der Waals surface area contributed by atoms with E-state index in [0.717, 1.165) is 98.9 Å². The van der Waals surface area contributed by atoms with E-state index in [4.69, 9.17) is 20.2 Å². The second kappa shape index (κ2) is 12.6. The van der Waals surface area contributed by atoms with Crippen molar-refractivity contribution in [1.82, 2.24) is 39.3 Å². The number of para-hydroxylation sites is 3. The maximum absolute atomic E-state index is 5.17. The van der Waals surface area contributed by atoms with Crippen molar-refractivity contribution in [2.24, 2.45) is 0 Å². The Morgan fingerprint density at radius 1 is 0.418 bits per heavy atom. The van der Waals surface area contributed by atoms with Gasteiger partial charge in [0.15, 0.2) is 0 Å². The molecule has 4 aromatic carbocycles. The zero-order valence-corrected chi connectivity index (χ0v) is 30.0. The molecule has 0 aliphatic carbocycles.